The van der Waals surface area contributed by atoms with Crippen LogP contribution in [-0.4, -0.2) is 60.8 Å². The first kappa shape index (κ1) is 48.1. The van der Waals surface area contributed by atoms with Gasteiger partial charge in [0.15, 0.2) is 6.10 Å². The molecule has 0 aliphatic rings. The van der Waals surface area contributed by atoms with Gasteiger partial charge < -0.3 is 33.6 Å². The van der Waals surface area contributed by atoms with Gasteiger partial charge in [0.05, 0.1) is 19.8 Å². The first-order valence-corrected chi connectivity index (χ1v) is 19.4. The number of hydrogen-bond acceptors (Lipinski definition) is 10. The summed E-state index contributed by atoms with van der Waals surface area (Å²) in [5.41, 5.74) is 0. The Hall–Kier alpha value is -0.0300. The van der Waals surface area contributed by atoms with E-state index < -0.39 is 51.8 Å². The summed E-state index contributed by atoms with van der Waals surface area (Å²) in [5.74, 6) is -0.955. The first-order chi connectivity index (χ1) is 21.7. The Balaban J connectivity index is 0. The normalized spacial score (nSPS) is 13.8. The molecule has 268 valence electrons. The zero-order chi connectivity index (χ0) is 33.4. The van der Waals surface area contributed by atoms with Gasteiger partial charge in [0.1, 0.15) is 12.7 Å². The number of phosphoric acid groups is 1. The molecule has 0 fully saturated rings. The summed E-state index contributed by atoms with van der Waals surface area (Å²) in [7, 11) is -4.85. The average Bonchev–Trinajstić information content (AvgIpc) is 3.02. The fraction of sp³-hybridized carbons (Fsp3) is 0.941. The maximum absolute atomic E-state index is 12.5. The van der Waals surface area contributed by atoms with Crippen LogP contribution in [0.4, 0.5) is 0 Å². The van der Waals surface area contributed by atoms with Gasteiger partial charge in [0.2, 0.25) is 0 Å². The van der Waals surface area contributed by atoms with E-state index >= 15 is 0 Å². The third kappa shape index (κ3) is 33.9. The molecule has 0 amide bonds. The van der Waals surface area contributed by atoms with E-state index in [4.69, 9.17) is 19.1 Å². The number of hydrogen-bond donors (Lipinski definition) is 2. The molecule has 12 heteroatoms. The second-order valence-electron chi connectivity index (χ2n) is 12.2. The minimum atomic E-state index is -4.85. The Kier molecular flexibility index (Phi) is 36.4. The molecule has 0 heterocycles. The molecular weight excluding hydrogens is 622 g/mol. The monoisotopic (exact) mass is 688 g/mol. The summed E-state index contributed by atoms with van der Waals surface area (Å²) in [4.78, 5) is 36.8. The van der Waals surface area contributed by atoms with Gasteiger partial charge in [-0.05, 0) is 12.8 Å². The minimum absolute atomic E-state index is 0. The molecule has 0 rings (SSSR count). The molecule has 0 aromatic rings. The van der Waals surface area contributed by atoms with Gasteiger partial charge in [-0.1, -0.05) is 142 Å². The number of carbonyl (C=O) groups is 2. The average molecular weight is 689 g/mol. The Labute approximate surface area is 302 Å². The molecule has 0 saturated heterocycles. The van der Waals surface area contributed by atoms with Gasteiger partial charge in [-0.25, -0.2) is 0 Å². The van der Waals surface area contributed by atoms with Crippen molar-refractivity contribution >= 4 is 19.8 Å². The summed E-state index contributed by atoms with van der Waals surface area (Å²) >= 11 is 0. The molecule has 0 aromatic carbocycles. The molecule has 0 bridgehead atoms. The quantitative estimate of drug-likeness (QED) is 0.0421. The number of carbonyl (C=O) groups excluding carboxylic acids is 2. The molecule has 0 radical (unpaired) electrons. The molecule has 10 nitrogen and oxygen atoms in total. The third-order valence-corrected chi connectivity index (χ3v) is 8.68. The van der Waals surface area contributed by atoms with Crippen LogP contribution in [-0.2, 0) is 32.7 Å². The molecule has 0 aliphatic heterocycles. The predicted molar refractivity (Wildman–Crippen MR) is 176 cm³/mol. The predicted octanol–water partition coefficient (Wildman–Crippen LogP) is 4.70. The van der Waals surface area contributed by atoms with E-state index in [1.165, 1.54) is 89.9 Å². The van der Waals surface area contributed by atoms with E-state index in [0.717, 1.165) is 38.5 Å². The van der Waals surface area contributed by atoms with Crippen molar-refractivity contribution in [3.8, 4) is 0 Å². The van der Waals surface area contributed by atoms with Crippen LogP contribution >= 0.6 is 7.82 Å². The molecule has 1 unspecified atom stereocenters. The molecule has 0 aliphatic carbocycles. The molecule has 3 atom stereocenters. The van der Waals surface area contributed by atoms with Crippen molar-refractivity contribution in [2.45, 2.75) is 180 Å². The number of esters is 2. The van der Waals surface area contributed by atoms with E-state index in [2.05, 4.69) is 18.4 Å². The summed E-state index contributed by atoms with van der Waals surface area (Å²) in [5, 5.41) is 18.2. The van der Waals surface area contributed by atoms with Crippen LogP contribution in [0, 0.1) is 0 Å². The van der Waals surface area contributed by atoms with E-state index in [9.17, 15) is 24.2 Å². The molecular formula is C34H66NaO10P. The smallest absolute Gasteiger partial charge is 0.756 e. The van der Waals surface area contributed by atoms with Crippen molar-refractivity contribution in [3.05, 3.63) is 0 Å². The Morgan fingerprint density at radius 3 is 1.39 bits per heavy atom. The number of phosphoric ester groups is 1. The summed E-state index contributed by atoms with van der Waals surface area (Å²) in [6.07, 6.45) is 23.4. The SMILES string of the molecule is CCCCCCCCCCCCCC(=O)OC[C@@H](COP(=O)([O-])OC[C@@H](O)CO)OC(=O)CCCCCCCCCCCCC.[Na+]. The molecule has 2 N–H and O–H groups in total. The maximum Gasteiger partial charge on any atom is 1.00 e. The summed E-state index contributed by atoms with van der Waals surface area (Å²) in [6.45, 7) is 2.17. The maximum atomic E-state index is 12.5. The largest absolute Gasteiger partial charge is 1.00 e. The standard InChI is InChI=1S/C34H67O10P.Na/c1-3-5-7-9-11-13-15-17-19-21-23-25-33(37)41-29-32(30-43-45(39,40)42-28-31(36)27-35)44-34(38)26-24-22-20-18-16-14-12-10-8-6-4-2;/h31-32,35-36H,3-30H2,1-2H3,(H,39,40);/q;+1/p-1/t31-,32-;/m0./s1. The van der Waals surface area contributed by atoms with Crippen molar-refractivity contribution in [2.75, 3.05) is 26.4 Å². The Morgan fingerprint density at radius 2 is 0.978 bits per heavy atom. The van der Waals surface area contributed by atoms with Crippen LogP contribution < -0.4 is 34.5 Å². The van der Waals surface area contributed by atoms with E-state index in [0.29, 0.717) is 12.8 Å². The van der Waals surface area contributed by atoms with Gasteiger partial charge >= 0.3 is 41.5 Å². The molecule has 0 saturated carbocycles. The van der Waals surface area contributed by atoms with E-state index in [1.54, 1.807) is 0 Å². The zero-order valence-electron chi connectivity index (χ0n) is 29.6. The summed E-state index contributed by atoms with van der Waals surface area (Å²) < 4.78 is 32.1. The van der Waals surface area contributed by atoms with Gasteiger partial charge in [0, 0.05) is 12.8 Å². The van der Waals surface area contributed by atoms with Gasteiger partial charge in [-0.2, -0.15) is 0 Å². The van der Waals surface area contributed by atoms with Crippen molar-refractivity contribution < 1.29 is 77.3 Å². The first-order valence-electron chi connectivity index (χ1n) is 18.0. The van der Waals surface area contributed by atoms with Crippen molar-refractivity contribution in [1.82, 2.24) is 0 Å². The number of ether oxygens (including phenoxy) is 2. The number of unbranched alkanes of at least 4 members (excludes halogenated alkanes) is 20. The number of aliphatic hydroxyl groups excluding tert-OH is 2. The van der Waals surface area contributed by atoms with E-state index in [1.807, 2.05) is 0 Å². The molecule has 0 spiro atoms. The minimum Gasteiger partial charge on any atom is -0.756 e. The number of rotatable bonds is 34. The van der Waals surface area contributed by atoms with Crippen LogP contribution in [0.25, 0.3) is 0 Å². The van der Waals surface area contributed by atoms with Crippen molar-refractivity contribution in [1.29, 1.82) is 0 Å². The van der Waals surface area contributed by atoms with Crippen molar-refractivity contribution in [3.63, 3.8) is 0 Å². The van der Waals surface area contributed by atoms with Gasteiger partial charge in [-0.15, -0.1) is 0 Å². The molecule has 46 heavy (non-hydrogen) atoms. The van der Waals surface area contributed by atoms with Crippen LogP contribution in [0.2, 0.25) is 0 Å². The fourth-order valence-electron chi connectivity index (χ4n) is 4.93. The Bertz CT molecular complexity index is 743. The van der Waals surface area contributed by atoms with E-state index in [-0.39, 0.29) is 49.0 Å². The van der Waals surface area contributed by atoms with Crippen LogP contribution in [0.15, 0.2) is 0 Å². The fourth-order valence-corrected chi connectivity index (χ4v) is 5.71. The zero-order valence-corrected chi connectivity index (χ0v) is 32.5. The van der Waals surface area contributed by atoms with Crippen molar-refractivity contribution in [2.24, 2.45) is 0 Å². The van der Waals surface area contributed by atoms with Gasteiger partial charge in [-0.3, -0.25) is 14.2 Å². The number of aliphatic hydroxyl groups is 2. The van der Waals surface area contributed by atoms with Crippen LogP contribution in [0.5, 0.6) is 0 Å². The second kappa shape index (κ2) is 34.8. The van der Waals surface area contributed by atoms with Crippen LogP contribution in [0.3, 0.4) is 0 Å². The third-order valence-electron chi connectivity index (χ3n) is 7.75. The topological polar surface area (TPSA) is 152 Å². The van der Waals surface area contributed by atoms with Crippen LogP contribution in [0.1, 0.15) is 168 Å². The summed E-state index contributed by atoms with van der Waals surface area (Å²) in [6, 6.07) is 0. The molecule has 0 aromatic heterocycles. The second-order valence-corrected chi connectivity index (χ2v) is 13.7. The Morgan fingerprint density at radius 1 is 0.609 bits per heavy atom. The van der Waals surface area contributed by atoms with Gasteiger partial charge in [0.25, 0.3) is 7.82 Å².